The number of ether oxygens (including phenoxy) is 2. The van der Waals surface area contributed by atoms with Crippen LogP contribution in [-0.2, 0) is 9.53 Å². The summed E-state index contributed by atoms with van der Waals surface area (Å²) in [6.07, 6.45) is 4.93. The smallest absolute Gasteiger partial charge is 0.308 e. The van der Waals surface area contributed by atoms with E-state index in [0.717, 1.165) is 41.9 Å². The molecule has 3 N–H and O–H groups in total. The van der Waals surface area contributed by atoms with Gasteiger partial charge in [-0.3, -0.25) is 4.79 Å². The number of hydrogen-bond donors (Lipinski definition) is 2. The van der Waals surface area contributed by atoms with Gasteiger partial charge in [-0.05, 0) is 49.1 Å². The SMILES string of the molecule is COC(=O)[C@@H]1CCC[C@H](Nc2ncnc(N)c2-c2ccc(Oc3ccccc3)cc2)C1. The number of nitrogens with two attached hydrogens (primary N) is 1. The zero-order valence-corrected chi connectivity index (χ0v) is 17.5. The number of carbonyl (C=O) groups excluding carboxylic acids is 1. The second kappa shape index (κ2) is 9.47. The Morgan fingerprint density at radius 2 is 1.77 bits per heavy atom. The van der Waals surface area contributed by atoms with E-state index in [2.05, 4.69) is 15.3 Å². The zero-order chi connectivity index (χ0) is 21.6. The molecule has 2 aromatic carbocycles. The maximum absolute atomic E-state index is 12.0. The van der Waals surface area contributed by atoms with Crippen LogP contribution in [0, 0.1) is 5.92 Å². The Morgan fingerprint density at radius 1 is 1.03 bits per heavy atom. The lowest BCUT2D eigenvalue weighted by molar-refractivity contribution is -0.146. The highest BCUT2D eigenvalue weighted by Crippen LogP contribution is 2.35. The van der Waals surface area contributed by atoms with Gasteiger partial charge >= 0.3 is 5.97 Å². The van der Waals surface area contributed by atoms with Crippen molar-refractivity contribution in [3.8, 4) is 22.6 Å². The number of anilines is 2. The summed E-state index contributed by atoms with van der Waals surface area (Å²) in [4.78, 5) is 20.6. The Bertz CT molecular complexity index is 1020. The van der Waals surface area contributed by atoms with Crippen molar-refractivity contribution in [2.75, 3.05) is 18.2 Å². The van der Waals surface area contributed by atoms with Crippen LogP contribution in [0.5, 0.6) is 11.5 Å². The number of benzene rings is 2. The predicted octanol–water partition coefficient (Wildman–Crippen LogP) is 4.66. The Balaban J connectivity index is 1.53. The summed E-state index contributed by atoms with van der Waals surface area (Å²) in [6, 6.07) is 17.4. The van der Waals surface area contributed by atoms with Crippen LogP contribution in [0.25, 0.3) is 11.1 Å². The van der Waals surface area contributed by atoms with Gasteiger partial charge in [-0.15, -0.1) is 0 Å². The van der Waals surface area contributed by atoms with Gasteiger partial charge in [0, 0.05) is 6.04 Å². The summed E-state index contributed by atoms with van der Waals surface area (Å²) in [5, 5.41) is 3.48. The summed E-state index contributed by atoms with van der Waals surface area (Å²) in [5.74, 6) is 2.33. The molecule has 1 fully saturated rings. The van der Waals surface area contributed by atoms with Gasteiger partial charge < -0.3 is 20.5 Å². The summed E-state index contributed by atoms with van der Waals surface area (Å²) in [6.45, 7) is 0. The number of rotatable bonds is 6. The predicted molar refractivity (Wildman–Crippen MR) is 120 cm³/mol. The Hall–Kier alpha value is -3.61. The Kier molecular flexibility index (Phi) is 6.31. The molecule has 0 spiro atoms. The van der Waals surface area contributed by atoms with Crippen LogP contribution >= 0.6 is 0 Å². The van der Waals surface area contributed by atoms with Crippen molar-refractivity contribution in [2.24, 2.45) is 5.92 Å². The lowest BCUT2D eigenvalue weighted by atomic mass is 9.85. The highest BCUT2D eigenvalue weighted by atomic mass is 16.5. The molecule has 3 aromatic rings. The molecule has 4 rings (SSSR count). The molecule has 160 valence electrons. The molecular weight excluding hydrogens is 392 g/mol. The molecule has 0 saturated heterocycles. The van der Waals surface area contributed by atoms with Crippen LogP contribution in [0.2, 0.25) is 0 Å². The number of hydrogen-bond acceptors (Lipinski definition) is 7. The quantitative estimate of drug-likeness (QED) is 0.562. The van der Waals surface area contributed by atoms with Gasteiger partial charge in [-0.2, -0.15) is 0 Å². The molecule has 31 heavy (non-hydrogen) atoms. The minimum Gasteiger partial charge on any atom is -0.469 e. The average Bonchev–Trinajstić information content (AvgIpc) is 2.80. The van der Waals surface area contributed by atoms with Gasteiger partial charge in [0.1, 0.15) is 29.5 Å². The van der Waals surface area contributed by atoms with E-state index in [9.17, 15) is 4.79 Å². The van der Waals surface area contributed by atoms with Crippen LogP contribution in [-0.4, -0.2) is 29.1 Å². The molecular formula is C24H26N4O3. The molecule has 7 nitrogen and oxygen atoms in total. The van der Waals surface area contributed by atoms with Crippen molar-refractivity contribution in [2.45, 2.75) is 31.7 Å². The number of carbonyl (C=O) groups is 1. The lowest BCUT2D eigenvalue weighted by Gasteiger charge is -2.29. The third-order valence-corrected chi connectivity index (χ3v) is 5.55. The van der Waals surface area contributed by atoms with Crippen molar-refractivity contribution in [3.05, 3.63) is 60.9 Å². The van der Waals surface area contributed by atoms with Crippen molar-refractivity contribution >= 4 is 17.6 Å². The zero-order valence-electron chi connectivity index (χ0n) is 17.5. The molecule has 0 bridgehead atoms. The number of nitrogen functional groups attached to an aromatic ring is 1. The molecule has 0 amide bonds. The molecule has 7 heteroatoms. The normalized spacial score (nSPS) is 18.2. The van der Waals surface area contributed by atoms with E-state index in [-0.39, 0.29) is 17.9 Å². The maximum atomic E-state index is 12.0. The fraction of sp³-hybridized carbons (Fsp3) is 0.292. The fourth-order valence-corrected chi connectivity index (χ4v) is 4.00. The number of para-hydroxylation sites is 1. The summed E-state index contributed by atoms with van der Waals surface area (Å²) < 4.78 is 10.8. The molecule has 1 aliphatic rings. The summed E-state index contributed by atoms with van der Waals surface area (Å²) in [7, 11) is 1.44. The van der Waals surface area contributed by atoms with E-state index < -0.39 is 0 Å². The standard InChI is InChI=1S/C24H26N4O3/c1-30-24(29)17-6-5-7-18(14-17)28-23-21(22(25)26-15-27-23)16-10-12-20(13-11-16)31-19-8-3-2-4-9-19/h2-4,8-13,15,17-18H,5-7,14H2,1H3,(H3,25,26,27,28)/t17-,18+/m1/s1. The molecule has 1 aromatic heterocycles. The molecule has 2 atom stereocenters. The van der Waals surface area contributed by atoms with E-state index in [4.69, 9.17) is 15.2 Å². The third-order valence-electron chi connectivity index (χ3n) is 5.55. The van der Waals surface area contributed by atoms with E-state index in [0.29, 0.717) is 18.1 Å². The monoisotopic (exact) mass is 418 g/mol. The number of nitrogens with zero attached hydrogens (tertiary/aromatic N) is 2. The highest BCUT2D eigenvalue weighted by molar-refractivity contribution is 5.83. The van der Waals surface area contributed by atoms with Gasteiger partial charge in [-0.25, -0.2) is 9.97 Å². The van der Waals surface area contributed by atoms with E-state index in [1.165, 1.54) is 13.4 Å². The molecule has 0 radical (unpaired) electrons. The summed E-state index contributed by atoms with van der Waals surface area (Å²) in [5.41, 5.74) is 7.86. The van der Waals surface area contributed by atoms with E-state index in [1.54, 1.807) is 0 Å². The van der Waals surface area contributed by atoms with Crippen molar-refractivity contribution in [1.29, 1.82) is 0 Å². The molecule has 0 unspecified atom stereocenters. The van der Waals surface area contributed by atoms with E-state index >= 15 is 0 Å². The Labute approximate surface area is 181 Å². The number of aromatic nitrogens is 2. The molecule has 0 aliphatic heterocycles. The first-order valence-corrected chi connectivity index (χ1v) is 10.4. The molecule has 1 aliphatic carbocycles. The minimum atomic E-state index is -0.150. The molecule has 1 heterocycles. The highest BCUT2D eigenvalue weighted by Gasteiger charge is 2.28. The van der Waals surface area contributed by atoms with Crippen LogP contribution < -0.4 is 15.8 Å². The topological polar surface area (TPSA) is 99.4 Å². The number of nitrogens with one attached hydrogen (secondary N) is 1. The van der Waals surface area contributed by atoms with Crippen LogP contribution in [0.1, 0.15) is 25.7 Å². The fourth-order valence-electron chi connectivity index (χ4n) is 4.00. The summed E-state index contributed by atoms with van der Waals surface area (Å²) >= 11 is 0. The van der Waals surface area contributed by atoms with Crippen molar-refractivity contribution in [1.82, 2.24) is 9.97 Å². The van der Waals surface area contributed by atoms with Crippen LogP contribution in [0.4, 0.5) is 11.6 Å². The van der Waals surface area contributed by atoms with Gasteiger partial charge in [0.25, 0.3) is 0 Å². The molecule has 1 saturated carbocycles. The van der Waals surface area contributed by atoms with Gasteiger partial charge in [0.2, 0.25) is 0 Å². The van der Waals surface area contributed by atoms with Gasteiger partial charge in [0.05, 0.1) is 18.6 Å². The van der Waals surface area contributed by atoms with Crippen molar-refractivity contribution in [3.63, 3.8) is 0 Å². The average molecular weight is 418 g/mol. The second-order valence-electron chi connectivity index (χ2n) is 7.65. The van der Waals surface area contributed by atoms with Crippen LogP contribution in [0.3, 0.4) is 0 Å². The third kappa shape index (κ3) is 4.94. The first-order valence-electron chi connectivity index (χ1n) is 10.4. The van der Waals surface area contributed by atoms with Gasteiger partial charge in [0.15, 0.2) is 0 Å². The van der Waals surface area contributed by atoms with E-state index in [1.807, 2.05) is 54.6 Å². The van der Waals surface area contributed by atoms with Crippen molar-refractivity contribution < 1.29 is 14.3 Å². The maximum Gasteiger partial charge on any atom is 0.308 e. The first kappa shape index (κ1) is 20.7. The van der Waals surface area contributed by atoms with Gasteiger partial charge in [-0.1, -0.05) is 36.8 Å². The minimum absolute atomic E-state index is 0.0895. The lowest BCUT2D eigenvalue weighted by Crippen LogP contribution is -2.32. The number of esters is 1. The first-order chi connectivity index (χ1) is 15.1. The largest absolute Gasteiger partial charge is 0.469 e. The van der Waals surface area contributed by atoms with Crippen LogP contribution in [0.15, 0.2) is 60.9 Å². The Morgan fingerprint density at radius 3 is 2.52 bits per heavy atom. The second-order valence-corrected chi connectivity index (χ2v) is 7.65. The number of methoxy groups -OCH3 is 1.